The molecule has 0 radical (unpaired) electrons. The maximum absolute atomic E-state index is 11.8. The Morgan fingerprint density at radius 3 is 2.78 bits per heavy atom. The van der Waals surface area contributed by atoms with Gasteiger partial charge in [-0.15, -0.1) is 0 Å². The Morgan fingerprint density at radius 2 is 2.09 bits per heavy atom. The summed E-state index contributed by atoms with van der Waals surface area (Å²) < 4.78 is 6.02. The molecular weight excluding hydrogens is 407 g/mol. The van der Waals surface area contributed by atoms with E-state index in [9.17, 15) is 9.90 Å². The SMILES string of the molecule is CCOc1cc(C=NNC(=O)Cc2ccccc2)cc(I)c1O. The molecule has 0 atom stereocenters. The molecule has 0 saturated carbocycles. The Kier molecular flexibility index (Phi) is 6.40. The summed E-state index contributed by atoms with van der Waals surface area (Å²) in [6.07, 6.45) is 1.79. The number of hydrogen-bond donors (Lipinski definition) is 2. The zero-order chi connectivity index (χ0) is 16.7. The molecule has 0 heterocycles. The van der Waals surface area contributed by atoms with Gasteiger partial charge in [0.25, 0.3) is 0 Å². The monoisotopic (exact) mass is 424 g/mol. The quantitative estimate of drug-likeness (QED) is 0.426. The van der Waals surface area contributed by atoms with Crippen molar-refractivity contribution in [2.45, 2.75) is 13.3 Å². The predicted octanol–water partition coefficient (Wildman–Crippen LogP) is 3.09. The normalized spacial score (nSPS) is 10.7. The summed E-state index contributed by atoms with van der Waals surface area (Å²) in [4.78, 5) is 11.8. The van der Waals surface area contributed by atoms with Crippen LogP contribution in [0.2, 0.25) is 0 Å². The van der Waals surface area contributed by atoms with E-state index in [0.29, 0.717) is 15.9 Å². The number of hydrazone groups is 1. The maximum Gasteiger partial charge on any atom is 0.244 e. The molecule has 0 aliphatic rings. The second-order valence-corrected chi connectivity index (χ2v) is 5.90. The Morgan fingerprint density at radius 1 is 1.35 bits per heavy atom. The van der Waals surface area contributed by atoms with E-state index in [-0.39, 0.29) is 18.1 Å². The number of nitrogens with zero attached hydrogens (tertiary/aromatic N) is 1. The van der Waals surface area contributed by atoms with Crippen LogP contribution in [-0.4, -0.2) is 23.8 Å². The van der Waals surface area contributed by atoms with Crippen LogP contribution < -0.4 is 10.2 Å². The molecule has 0 saturated heterocycles. The molecule has 2 N–H and O–H groups in total. The first-order valence-corrected chi connectivity index (χ1v) is 8.19. The zero-order valence-electron chi connectivity index (χ0n) is 12.6. The fraction of sp³-hybridized carbons (Fsp3) is 0.176. The fourth-order valence-corrected chi connectivity index (χ4v) is 2.56. The molecule has 0 bridgehead atoms. The average Bonchev–Trinajstić information content (AvgIpc) is 2.53. The van der Waals surface area contributed by atoms with Crippen molar-refractivity contribution < 1.29 is 14.6 Å². The lowest BCUT2D eigenvalue weighted by molar-refractivity contribution is -0.120. The molecule has 0 fully saturated rings. The van der Waals surface area contributed by atoms with Gasteiger partial charge in [0.2, 0.25) is 5.91 Å². The van der Waals surface area contributed by atoms with Gasteiger partial charge in [0, 0.05) is 0 Å². The molecule has 2 aromatic rings. The van der Waals surface area contributed by atoms with Crippen molar-refractivity contribution in [1.82, 2.24) is 5.43 Å². The van der Waals surface area contributed by atoms with Crippen LogP contribution in [0.3, 0.4) is 0 Å². The van der Waals surface area contributed by atoms with Crippen LogP contribution in [0.5, 0.6) is 11.5 Å². The Hall–Kier alpha value is -2.09. The van der Waals surface area contributed by atoms with Crippen LogP contribution in [0.15, 0.2) is 47.6 Å². The van der Waals surface area contributed by atoms with Gasteiger partial charge in [-0.1, -0.05) is 30.3 Å². The van der Waals surface area contributed by atoms with Gasteiger partial charge in [-0.25, -0.2) is 5.43 Å². The molecule has 120 valence electrons. The van der Waals surface area contributed by atoms with Crippen molar-refractivity contribution in [2.24, 2.45) is 5.10 Å². The van der Waals surface area contributed by atoms with E-state index in [1.54, 1.807) is 12.1 Å². The number of carbonyl (C=O) groups excluding carboxylic acids is 1. The van der Waals surface area contributed by atoms with Crippen LogP contribution in [0.25, 0.3) is 0 Å². The van der Waals surface area contributed by atoms with E-state index in [0.717, 1.165) is 11.1 Å². The number of carbonyl (C=O) groups is 1. The van der Waals surface area contributed by atoms with E-state index in [1.807, 2.05) is 59.8 Å². The lowest BCUT2D eigenvalue weighted by Gasteiger charge is -2.08. The molecule has 2 rings (SSSR count). The number of phenolic OH excluding ortho intramolecular Hbond substituents is 1. The smallest absolute Gasteiger partial charge is 0.244 e. The average molecular weight is 424 g/mol. The third-order valence-electron chi connectivity index (χ3n) is 2.96. The van der Waals surface area contributed by atoms with Crippen molar-refractivity contribution in [3.8, 4) is 11.5 Å². The summed E-state index contributed by atoms with van der Waals surface area (Å²) >= 11 is 2.02. The van der Waals surface area contributed by atoms with Gasteiger partial charge < -0.3 is 9.84 Å². The maximum atomic E-state index is 11.8. The third-order valence-corrected chi connectivity index (χ3v) is 3.78. The minimum Gasteiger partial charge on any atom is -0.504 e. The van der Waals surface area contributed by atoms with Crippen LogP contribution in [-0.2, 0) is 11.2 Å². The second-order valence-electron chi connectivity index (χ2n) is 4.74. The standard InChI is InChI=1S/C17H17IN2O3/c1-2-23-15-9-13(8-14(18)17(15)22)11-19-20-16(21)10-12-6-4-3-5-7-12/h3-9,11,22H,2,10H2,1H3,(H,20,21). The first-order chi connectivity index (χ1) is 11.1. The molecule has 0 unspecified atom stereocenters. The van der Waals surface area contributed by atoms with Crippen molar-refractivity contribution in [2.75, 3.05) is 6.61 Å². The van der Waals surface area contributed by atoms with Gasteiger partial charge in [0.15, 0.2) is 11.5 Å². The lowest BCUT2D eigenvalue weighted by Crippen LogP contribution is -2.19. The Balaban J connectivity index is 1.99. The van der Waals surface area contributed by atoms with Crippen LogP contribution in [0.4, 0.5) is 0 Å². The fourth-order valence-electron chi connectivity index (χ4n) is 1.93. The Labute approximate surface area is 148 Å². The number of aromatic hydroxyl groups is 1. The highest BCUT2D eigenvalue weighted by Gasteiger charge is 2.08. The minimum absolute atomic E-state index is 0.109. The predicted molar refractivity (Wildman–Crippen MR) is 97.9 cm³/mol. The number of hydrogen-bond acceptors (Lipinski definition) is 4. The highest BCUT2D eigenvalue weighted by atomic mass is 127. The van der Waals surface area contributed by atoms with Gasteiger partial charge in [-0.05, 0) is 52.8 Å². The zero-order valence-corrected chi connectivity index (χ0v) is 14.8. The molecule has 0 aromatic heterocycles. The molecule has 0 spiro atoms. The summed E-state index contributed by atoms with van der Waals surface area (Å²) in [5.41, 5.74) is 4.15. The highest BCUT2D eigenvalue weighted by Crippen LogP contribution is 2.32. The van der Waals surface area contributed by atoms with Gasteiger partial charge in [0.05, 0.1) is 22.8 Å². The molecular formula is C17H17IN2O3. The summed E-state index contributed by atoms with van der Waals surface area (Å²) in [6.45, 7) is 2.30. The molecule has 23 heavy (non-hydrogen) atoms. The van der Waals surface area contributed by atoms with Gasteiger partial charge in [-0.3, -0.25) is 4.79 Å². The van der Waals surface area contributed by atoms with Gasteiger partial charge >= 0.3 is 0 Å². The molecule has 2 aromatic carbocycles. The largest absolute Gasteiger partial charge is 0.504 e. The van der Waals surface area contributed by atoms with E-state index in [4.69, 9.17) is 4.74 Å². The first-order valence-electron chi connectivity index (χ1n) is 7.11. The molecule has 6 heteroatoms. The minimum atomic E-state index is -0.189. The van der Waals surface area contributed by atoms with Gasteiger partial charge in [0.1, 0.15) is 0 Å². The highest BCUT2D eigenvalue weighted by molar-refractivity contribution is 14.1. The summed E-state index contributed by atoms with van der Waals surface area (Å²) in [5, 5.41) is 13.8. The number of nitrogens with one attached hydrogen (secondary N) is 1. The van der Waals surface area contributed by atoms with Crippen LogP contribution in [0, 0.1) is 3.57 Å². The number of benzene rings is 2. The number of phenols is 1. The van der Waals surface area contributed by atoms with Gasteiger partial charge in [-0.2, -0.15) is 5.10 Å². The molecule has 1 amide bonds. The van der Waals surface area contributed by atoms with Crippen molar-refractivity contribution in [1.29, 1.82) is 0 Å². The van der Waals surface area contributed by atoms with Crippen LogP contribution >= 0.6 is 22.6 Å². The van der Waals surface area contributed by atoms with Crippen LogP contribution in [0.1, 0.15) is 18.1 Å². The lowest BCUT2D eigenvalue weighted by atomic mass is 10.1. The summed E-state index contributed by atoms with van der Waals surface area (Å²) in [7, 11) is 0. The third kappa shape index (κ3) is 5.24. The molecule has 5 nitrogen and oxygen atoms in total. The summed E-state index contributed by atoms with van der Waals surface area (Å²) in [6, 6.07) is 12.9. The van der Waals surface area contributed by atoms with E-state index in [1.165, 1.54) is 6.21 Å². The number of halogens is 1. The molecule has 0 aliphatic heterocycles. The van der Waals surface area contributed by atoms with E-state index >= 15 is 0 Å². The van der Waals surface area contributed by atoms with E-state index < -0.39 is 0 Å². The number of rotatable bonds is 6. The Bertz CT molecular complexity index is 702. The number of ether oxygens (including phenoxy) is 1. The van der Waals surface area contributed by atoms with Crippen molar-refractivity contribution in [3.05, 3.63) is 57.2 Å². The summed E-state index contributed by atoms with van der Waals surface area (Å²) in [5.74, 6) is 0.320. The number of amides is 1. The van der Waals surface area contributed by atoms with E-state index in [2.05, 4.69) is 10.5 Å². The van der Waals surface area contributed by atoms with Crippen molar-refractivity contribution >= 4 is 34.7 Å². The van der Waals surface area contributed by atoms with Crippen molar-refractivity contribution in [3.63, 3.8) is 0 Å². The second kappa shape index (κ2) is 8.52. The molecule has 0 aliphatic carbocycles. The first kappa shape index (κ1) is 17.3. The topological polar surface area (TPSA) is 70.9 Å².